The Kier molecular flexibility index (Phi) is 5.26. The molecule has 0 bridgehead atoms. The van der Waals surface area contributed by atoms with Gasteiger partial charge in [-0.1, -0.05) is 37.3 Å². The van der Waals surface area contributed by atoms with E-state index >= 15 is 0 Å². The number of anilines is 1. The second kappa shape index (κ2) is 8.38. The predicted molar refractivity (Wildman–Crippen MR) is 128 cm³/mol. The lowest BCUT2D eigenvalue weighted by atomic mass is 10.00. The lowest BCUT2D eigenvalue weighted by Crippen LogP contribution is -2.22. The molecule has 2 amide bonds. The van der Waals surface area contributed by atoms with Crippen LogP contribution in [0.15, 0.2) is 60.1 Å². The standard InChI is InChI=1S/C25H24N6O2/c1-15(8-9-16-6-4-3-5-7-16)24(32)28-17-10-18-22-19(12-27-30-25(18)33)23(29-20(22)11-17)21-13-31(2)14-26-21/h3-7,10-15,29H,8-9H2,1-2H3,(H,28,32)(H,30,33)/t15-/m1/s1. The van der Waals surface area contributed by atoms with Crippen molar-refractivity contribution >= 4 is 34.6 Å². The number of hydrazone groups is 1. The van der Waals surface area contributed by atoms with Crippen LogP contribution in [0.3, 0.4) is 0 Å². The first kappa shape index (κ1) is 20.7. The van der Waals surface area contributed by atoms with Crippen LogP contribution in [0, 0.1) is 5.92 Å². The summed E-state index contributed by atoms with van der Waals surface area (Å²) >= 11 is 0. The number of hydrogen-bond acceptors (Lipinski definition) is 4. The Morgan fingerprint density at radius 1 is 1.21 bits per heavy atom. The minimum atomic E-state index is -0.324. The first-order valence-corrected chi connectivity index (χ1v) is 10.9. The number of carbonyl (C=O) groups is 2. The van der Waals surface area contributed by atoms with Gasteiger partial charge in [-0.15, -0.1) is 0 Å². The summed E-state index contributed by atoms with van der Waals surface area (Å²) in [6.07, 6.45) is 6.80. The minimum Gasteiger partial charge on any atom is -0.353 e. The SMILES string of the molecule is C[C@H](CCc1ccccc1)C(=O)Nc1cc2c3c(c(-c4cn(C)cn4)[nH]c3c1)C=NNC2=O. The molecule has 1 aliphatic rings. The zero-order valence-corrected chi connectivity index (χ0v) is 18.4. The van der Waals surface area contributed by atoms with Gasteiger partial charge in [0.2, 0.25) is 5.91 Å². The molecule has 33 heavy (non-hydrogen) atoms. The number of rotatable bonds is 6. The third kappa shape index (κ3) is 4.03. The monoisotopic (exact) mass is 440 g/mol. The highest BCUT2D eigenvalue weighted by atomic mass is 16.2. The second-order valence-electron chi connectivity index (χ2n) is 8.40. The first-order valence-electron chi connectivity index (χ1n) is 10.9. The van der Waals surface area contributed by atoms with Gasteiger partial charge >= 0.3 is 0 Å². The van der Waals surface area contributed by atoms with E-state index in [-0.39, 0.29) is 17.7 Å². The highest BCUT2D eigenvalue weighted by Crippen LogP contribution is 2.34. The highest BCUT2D eigenvalue weighted by Gasteiger charge is 2.23. The third-order valence-corrected chi connectivity index (χ3v) is 5.93. The molecule has 0 radical (unpaired) electrons. The second-order valence-corrected chi connectivity index (χ2v) is 8.40. The summed E-state index contributed by atoms with van der Waals surface area (Å²) in [6, 6.07) is 13.7. The Morgan fingerprint density at radius 3 is 2.79 bits per heavy atom. The van der Waals surface area contributed by atoms with Gasteiger partial charge in [0.1, 0.15) is 5.69 Å². The average Bonchev–Trinajstić information content (AvgIpc) is 3.36. The number of aromatic nitrogens is 3. The first-order chi connectivity index (χ1) is 16.0. The molecule has 5 rings (SSSR count). The molecule has 0 unspecified atom stereocenters. The van der Waals surface area contributed by atoms with E-state index in [1.807, 2.05) is 49.0 Å². The van der Waals surface area contributed by atoms with Crippen LogP contribution in [0.1, 0.15) is 34.8 Å². The number of amides is 2. The third-order valence-electron chi connectivity index (χ3n) is 5.93. The molecule has 2 aromatic heterocycles. The van der Waals surface area contributed by atoms with Crippen molar-refractivity contribution in [2.24, 2.45) is 18.1 Å². The summed E-state index contributed by atoms with van der Waals surface area (Å²) in [5.74, 6) is -0.588. The van der Waals surface area contributed by atoms with Crippen LogP contribution in [-0.4, -0.2) is 32.6 Å². The zero-order chi connectivity index (χ0) is 22.9. The Hall–Kier alpha value is -4.20. The number of aryl methyl sites for hydroxylation is 2. The van der Waals surface area contributed by atoms with Gasteiger partial charge < -0.3 is 14.9 Å². The van der Waals surface area contributed by atoms with E-state index in [2.05, 4.69) is 37.9 Å². The van der Waals surface area contributed by atoms with E-state index in [1.54, 1.807) is 18.6 Å². The van der Waals surface area contributed by atoms with Gasteiger partial charge in [0, 0.05) is 41.3 Å². The van der Waals surface area contributed by atoms with E-state index in [4.69, 9.17) is 0 Å². The number of nitrogens with zero attached hydrogens (tertiary/aromatic N) is 3. The molecule has 0 spiro atoms. The highest BCUT2D eigenvalue weighted by molar-refractivity contribution is 6.18. The molecule has 0 aliphatic carbocycles. The molecule has 4 aromatic rings. The van der Waals surface area contributed by atoms with Crippen molar-refractivity contribution in [1.82, 2.24) is 20.0 Å². The summed E-state index contributed by atoms with van der Waals surface area (Å²) in [4.78, 5) is 33.4. The van der Waals surface area contributed by atoms with Crippen LogP contribution in [-0.2, 0) is 18.3 Å². The van der Waals surface area contributed by atoms with Crippen molar-refractivity contribution in [2.75, 3.05) is 5.32 Å². The molecule has 166 valence electrons. The molecule has 3 N–H and O–H groups in total. The number of aromatic amines is 1. The van der Waals surface area contributed by atoms with Crippen LogP contribution < -0.4 is 10.7 Å². The van der Waals surface area contributed by atoms with Crippen LogP contribution in [0.4, 0.5) is 5.69 Å². The Bertz CT molecular complexity index is 1380. The molecular formula is C25H24N6O2. The van der Waals surface area contributed by atoms with Crippen molar-refractivity contribution in [3.05, 3.63) is 71.7 Å². The summed E-state index contributed by atoms with van der Waals surface area (Å²) in [5.41, 5.74) is 7.79. The minimum absolute atomic E-state index is 0.0838. The molecular weight excluding hydrogens is 416 g/mol. The quantitative estimate of drug-likeness (QED) is 0.424. The van der Waals surface area contributed by atoms with E-state index in [9.17, 15) is 9.59 Å². The Balaban J connectivity index is 1.44. The van der Waals surface area contributed by atoms with Crippen molar-refractivity contribution in [1.29, 1.82) is 0 Å². The number of carbonyl (C=O) groups excluding carboxylic acids is 2. The van der Waals surface area contributed by atoms with Crippen LogP contribution >= 0.6 is 0 Å². The van der Waals surface area contributed by atoms with Crippen LogP contribution in [0.2, 0.25) is 0 Å². The summed E-state index contributed by atoms with van der Waals surface area (Å²) in [5, 5.41) is 7.80. The van der Waals surface area contributed by atoms with E-state index in [1.165, 1.54) is 5.56 Å². The van der Waals surface area contributed by atoms with Gasteiger partial charge in [0.15, 0.2) is 0 Å². The average molecular weight is 441 g/mol. The van der Waals surface area contributed by atoms with Gasteiger partial charge in [-0.25, -0.2) is 10.4 Å². The molecule has 1 aliphatic heterocycles. The van der Waals surface area contributed by atoms with Gasteiger partial charge in [0.25, 0.3) is 5.91 Å². The van der Waals surface area contributed by atoms with E-state index in [0.29, 0.717) is 11.3 Å². The van der Waals surface area contributed by atoms with Crippen molar-refractivity contribution < 1.29 is 9.59 Å². The summed E-state index contributed by atoms with van der Waals surface area (Å²) in [7, 11) is 1.90. The molecule has 0 saturated heterocycles. The van der Waals surface area contributed by atoms with Crippen molar-refractivity contribution in [3.8, 4) is 11.4 Å². The number of benzene rings is 2. The molecule has 8 heteroatoms. The van der Waals surface area contributed by atoms with Gasteiger partial charge in [-0.2, -0.15) is 5.10 Å². The molecule has 1 atom stereocenters. The fourth-order valence-corrected chi connectivity index (χ4v) is 4.12. The van der Waals surface area contributed by atoms with Crippen molar-refractivity contribution in [3.63, 3.8) is 0 Å². The number of hydrogen-bond donors (Lipinski definition) is 3. The summed E-state index contributed by atoms with van der Waals surface area (Å²) in [6.45, 7) is 1.92. The van der Waals surface area contributed by atoms with E-state index in [0.717, 1.165) is 40.7 Å². The molecule has 2 aromatic carbocycles. The normalized spacial score (nSPS) is 13.6. The smallest absolute Gasteiger partial charge is 0.272 e. The lowest BCUT2D eigenvalue weighted by Gasteiger charge is -2.13. The van der Waals surface area contributed by atoms with Crippen molar-refractivity contribution in [2.45, 2.75) is 19.8 Å². The van der Waals surface area contributed by atoms with Gasteiger partial charge in [0.05, 0.1) is 23.8 Å². The topological polar surface area (TPSA) is 104 Å². The molecule has 0 saturated carbocycles. The molecule has 3 heterocycles. The van der Waals surface area contributed by atoms with Crippen LogP contribution in [0.25, 0.3) is 22.3 Å². The summed E-state index contributed by atoms with van der Waals surface area (Å²) < 4.78 is 1.86. The largest absolute Gasteiger partial charge is 0.353 e. The maximum Gasteiger partial charge on any atom is 0.272 e. The molecule has 0 fully saturated rings. The zero-order valence-electron chi connectivity index (χ0n) is 18.4. The number of H-pyrrole nitrogens is 1. The number of imidazole rings is 1. The fourth-order valence-electron chi connectivity index (χ4n) is 4.12. The maximum atomic E-state index is 12.9. The van der Waals surface area contributed by atoms with Gasteiger partial charge in [-0.05, 0) is 30.5 Å². The number of nitrogens with one attached hydrogen (secondary N) is 3. The Labute approximate surface area is 190 Å². The Morgan fingerprint density at radius 2 is 2.03 bits per heavy atom. The fraction of sp³-hybridized carbons (Fsp3) is 0.200. The lowest BCUT2D eigenvalue weighted by molar-refractivity contribution is -0.119. The van der Waals surface area contributed by atoms with E-state index < -0.39 is 0 Å². The van der Waals surface area contributed by atoms with Gasteiger partial charge in [-0.3, -0.25) is 9.59 Å². The predicted octanol–water partition coefficient (Wildman–Crippen LogP) is 3.85. The molecule has 8 nitrogen and oxygen atoms in total. The maximum absolute atomic E-state index is 12.9. The van der Waals surface area contributed by atoms with Crippen LogP contribution in [0.5, 0.6) is 0 Å².